The van der Waals surface area contributed by atoms with Crippen molar-refractivity contribution in [2.75, 3.05) is 0 Å². The molecule has 0 fully saturated rings. The minimum Gasteiger partial charge on any atom is -0.241 e. The van der Waals surface area contributed by atoms with Crippen LogP contribution in [0.4, 0.5) is 0 Å². The second kappa shape index (κ2) is 4.15. The van der Waals surface area contributed by atoms with E-state index in [9.17, 15) is 0 Å². The molecule has 0 saturated carbocycles. The molecule has 1 rings (SSSR count). The molecule has 0 N–H and O–H groups in total. The smallest absolute Gasteiger partial charge is 0.131 e. The molecule has 0 aliphatic heterocycles. The molecule has 2 heteroatoms. The molecule has 0 spiro atoms. The Bertz CT molecular complexity index is 338. The molecule has 0 aliphatic rings. The van der Waals surface area contributed by atoms with E-state index in [4.69, 9.17) is 0 Å². The normalized spacial score (nSPS) is 14.9. The van der Waals surface area contributed by atoms with Crippen LogP contribution >= 0.6 is 0 Å². The largest absolute Gasteiger partial charge is 0.241 e. The zero-order valence-corrected chi connectivity index (χ0v) is 11.6. The van der Waals surface area contributed by atoms with E-state index in [1.54, 1.807) is 0 Å². The number of hydrogen-bond acceptors (Lipinski definition) is 2. The van der Waals surface area contributed by atoms with Gasteiger partial charge in [-0.1, -0.05) is 48.5 Å². The third-order valence-corrected chi connectivity index (χ3v) is 3.22. The van der Waals surface area contributed by atoms with Gasteiger partial charge in [-0.15, -0.1) is 0 Å². The first kappa shape index (κ1) is 13.1. The van der Waals surface area contributed by atoms with Gasteiger partial charge in [-0.2, -0.15) is 0 Å². The quantitative estimate of drug-likeness (QED) is 0.716. The zero-order chi connectivity index (χ0) is 12.6. The molecule has 0 aliphatic carbocycles. The Hall–Kier alpha value is -0.920. The average molecular weight is 220 g/mol. The van der Waals surface area contributed by atoms with Crippen LogP contribution in [0, 0.1) is 5.41 Å². The van der Waals surface area contributed by atoms with Gasteiger partial charge in [0, 0.05) is 18.3 Å². The third kappa shape index (κ3) is 3.03. The minimum atomic E-state index is 0.128. The van der Waals surface area contributed by atoms with E-state index in [1.165, 1.54) is 5.56 Å². The molecular weight excluding hydrogens is 196 g/mol. The maximum absolute atomic E-state index is 4.50. The van der Waals surface area contributed by atoms with Crippen molar-refractivity contribution in [1.29, 1.82) is 0 Å². The Kier molecular flexibility index (Phi) is 3.41. The van der Waals surface area contributed by atoms with Gasteiger partial charge < -0.3 is 0 Å². The summed E-state index contributed by atoms with van der Waals surface area (Å²) < 4.78 is 0. The SMILES string of the molecule is CC(c1ncc(C(C)(C)C)cn1)C(C)(C)C. The predicted molar refractivity (Wildman–Crippen MR) is 68.6 cm³/mol. The van der Waals surface area contributed by atoms with Gasteiger partial charge in [-0.3, -0.25) is 0 Å². The number of rotatable bonds is 1. The van der Waals surface area contributed by atoms with Gasteiger partial charge in [0.2, 0.25) is 0 Å². The second-order valence-electron chi connectivity index (χ2n) is 6.67. The maximum Gasteiger partial charge on any atom is 0.131 e. The van der Waals surface area contributed by atoms with Gasteiger partial charge in [0.15, 0.2) is 0 Å². The average Bonchev–Trinajstić information content (AvgIpc) is 2.14. The van der Waals surface area contributed by atoms with E-state index >= 15 is 0 Å². The fourth-order valence-corrected chi connectivity index (χ4v) is 1.34. The lowest BCUT2D eigenvalue weighted by molar-refractivity contribution is 0.327. The van der Waals surface area contributed by atoms with E-state index in [-0.39, 0.29) is 10.8 Å². The highest BCUT2D eigenvalue weighted by molar-refractivity contribution is 5.16. The van der Waals surface area contributed by atoms with Crippen molar-refractivity contribution in [2.45, 2.75) is 59.8 Å². The molecule has 90 valence electrons. The van der Waals surface area contributed by atoms with Crippen molar-refractivity contribution in [3.63, 3.8) is 0 Å². The molecule has 0 bridgehead atoms. The molecule has 0 radical (unpaired) electrons. The molecular formula is C14H24N2. The lowest BCUT2D eigenvalue weighted by Crippen LogP contribution is -2.19. The van der Waals surface area contributed by atoms with E-state index < -0.39 is 0 Å². The molecule has 2 nitrogen and oxygen atoms in total. The van der Waals surface area contributed by atoms with Crippen LogP contribution in [0.1, 0.15) is 65.8 Å². The summed E-state index contributed by atoms with van der Waals surface area (Å²) in [5.74, 6) is 1.32. The molecule has 1 heterocycles. The summed E-state index contributed by atoms with van der Waals surface area (Å²) in [6.45, 7) is 15.4. The number of hydrogen-bond donors (Lipinski definition) is 0. The summed E-state index contributed by atoms with van der Waals surface area (Å²) in [5, 5.41) is 0. The number of aromatic nitrogens is 2. The molecule has 1 unspecified atom stereocenters. The fraction of sp³-hybridized carbons (Fsp3) is 0.714. The van der Waals surface area contributed by atoms with Gasteiger partial charge in [-0.05, 0) is 16.4 Å². The molecule has 1 aromatic rings. The standard InChI is InChI=1S/C14H24N2/c1-10(13(2,3)4)12-15-8-11(9-16-12)14(5,6)7/h8-10H,1-7H3. The lowest BCUT2D eigenvalue weighted by Gasteiger charge is -2.26. The fourth-order valence-electron chi connectivity index (χ4n) is 1.34. The van der Waals surface area contributed by atoms with Crippen LogP contribution in [0.2, 0.25) is 0 Å². The van der Waals surface area contributed by atoms with Gasteiger partial charge in [0.1, 0.15) is 5.82 Å². The first-order valence-electron chi connectivity index (χ1n) is 5.95. The monoisotopic (exact) mass is 220 g/mol. The summed E-state index contributed by atoms with van der Waals surface area (Å²) in [6, 6.07) is 0. The van der Waals surface area contributed by atoms with Crippen LogP contribution in [0.15, 0.2) is 12.4 Å². The van der Waals surface area contributed by atoms with Crippen molar-refractivity contribution >= 4 is 0 Å². The van der Waals surface area contributed by atoms with Crippen LogP contribution in [0.3, 0.4) is 0 Å². The highest BCUT2D eigenvalue weighted by atomic mass is 14.9. The topological polar surface area (TPSA) is 25.8 Å². The molecule has 0 amide bonds. The Morgan fingerprint density at radius 1 is 0.938 bits per heavy atom. The summed E-state index contributed by atoms with van der Waals surface area (Å²) in [6.07, 6.45) is 3.93. The minimum absolute atomic E-state index is 0.128. The molecule has 1 aromatic heterocycles. The summed E-state index contributed by atoms with van der Waals surface area (Å²) in [7, 11) is 0. The number of nitrogens with zero attached hydrogens (tertiary/aromatic N) is 2. The summed E-state index contributed by atoms with van der Waals surface area (Å²) in [4.78, 5) is 9.00. The first-order valence-corrected chi connectivity index (χ1v) is 5.95. The molecule has 1 atom stereocenters. The lowest BCUT2D eigenvalue weighted by atomic mass is 9.81. The van der Waals surface area contributed by atoms with Crippen molar-refractivity contribution < 1.29 is 0 Å². The zero-order valence-electron chi connectivity index (χ0n) is 11.6. The van der Waals surface area contributed by atoms with Crippen LogP contribution in [-0.4, -0.2) is 9.97 Å². The van der Waals surface area contributed by atoms with Crippen molar-refractivity contribution in [3.8, 4) is 0 Å². The Morgan fingerprint density at radius 3 is 1.69 bits per heavy atom. The predicted octanol–water partition coefficient (Wildman–Crippen LogP) is 3.92. The highest BCUT2D eigenvalue weighted by Crippen LogP contribution is 2.32. The van der Waals surface area contributed by atoms with E-state index in [0.717, 1.165) is 5.82 Å². The second-order valence-corrected chi connectivity index (χ2v) is 6.67. The van der Waals surface area contributed by atoms with Crippen molar-refractivity contribution in [3.05, 3.63) is 23.8 Å². The van der Waals surface area contributed by atoms with Gasteiger partial charge >= 0.3 is 0 Å². The van der Waals surface area contributed by atoms with Crippen LogP contribution < -0.4 is 0 Å². The van der Waals surface area contributed by atoms with Crippen LogP contribution in [-0.2, 0) is 5.41 Å². The highest BCUT2D eigenvalue weighted by Gasteiger charge is 2.24. The van der Waals surface area contributed by atoms with Crippen LogP contribution in [0.25, 0.3) is 0 Å². The van der Waals surface area contributed by atoms with Crippen molar-refractivity contribution in [1.82, 2.24) is 9.97 Å². The van der Waals surface area contributed by atoms with E-state index in [0.29, 0.717) is 5.92 Å². The Balaban J connectivity index is 2.96. The van der Waals surface area contributed by atoms with Crippen molar-refractivity contribution in [2.24, 2.45) is 5.41 Å². The molecule has 16 heavy (non-hydrogen) atoms. The summed E-state index contributed by atoms with van der Waals surface area (Å²) in [5.41, 5.74) is 1.53. The van der Waals surface area contributed by atoms with Gasteiger partial charge in [-0.25, -0.2) is 9.97 Å². The Morgan fingerprint density at radius 2 is 1.38 bits per heavy atom. The molecule has 0 saturated heterocycles. The van der Waals surface area contributed by atoms with Gasteiger partial charge in [0.25, 0.3) is 0 Å². The molecule has 0 aromatic carbocycles. The first-order chi connectivity index (χ1) is 7.12. The van der Waals surface area contributed by atoms with E-state index in [1.807, 2.05) is 12.4 Å². The summed E-state index contributed by atoms with van der Waals surface area (Å²) >= 11 is 0. The Labute approximate surface area is 99.5 Å². The van der Waals surface area contributed by atoms with Crippen LogP contribution in [0.5, 0.6) is 0 Å². The third-order valence-electron chi connectivity index (χ3n) is 3.22. The van der Waals surface area contributed by atoms with E-state index in [2.05, 4.69) is 58.4 Å². The maximum atomic E-state index is 4.50. The van der Waals surface area contributed by atoms with Gasteiger partial charge in [0.05, 0.1) is 0 Å².